The molecule has 0 spiro atoms. The first-order valence-corrected chi connectivity index (χ1v) is 7.17. The van der Waals surface area contributed by atoms with Gasteiger partial charge in [-0.15, -0.1) is 11.3 Å². The highest BCUT2D eigenvalue weighted by atomic mass is 32.1. The first-order valence-electron chi connectivity index (χ1n) is 6.29. The summed E-state index contributed by atoms with van der Waals surface area (Å²) in [7, 11) is 2.09. The van der Waals surface area contributed by atoms with Gasteiger partial charge in [-0.2, -0.15) is 0 Å². The number of rotatable bonds is 7. The largest absolute Gasteiger partial charge is 0.354 e. The highest BCUT2D eigenvalue weighted by Gasteiger charge is 2.15. The lowest BCUT2D eigenvalue weighted by Crippen LogP contribution is -2.36. The average Bonchev–Trinajstić information content (AvgIpc) is 2.86. The standard InChI is InChI=1S/C13H23N3OS/c1-10(2)16(3)8-5-7-15-13(17)12(14)11-6-4-9-18-11/h4,6,9-10,12H,5,7-8,14H2,1-3H3,(H,15,17). The number of nitrogens with one attached hydrogen (secondary N) is 1. The molecule has 0 aliphatic heterocycles. The van der Waals surface area contributed by atoms with Gasteiger partial charge in [-0.3, -0.25) is 4.79 Å². The lowest BCUT2D eigenvalue weighted by atomic mass is 10.2. The number of hydrogen-bond donors (Lipinski definition) is 2. The van der Waals surface area contributed by atoms with Crippen molar-refractivity contribution in [1.29, 1.82) is 0 Å². The fourth-order valence-electron chi connectivity index (χ4n) is 1.51. The Morgan fingerprint density at radius 1 is 1.56 bits per heavy atom. The Hall–Kier alpha value is -0.910. The van der Waals surface area contributed by atoms with Crippen molar-refractivity contribution < 1.29 is 4.79 Å². The summed E-state index contributed by atoms with van der Waals surface area (Å²) >= 11 is 1.51. The SMILES string of the molecule is CC(C)N(C)CCCNC(=O)C(N)c1cccs1. The second-order valence-electron chi connectivity index (χ2n) is 4.71. The van der Waals surface area contributed by atoms with Crippen molar-refractivity contribution in [3.05, 3.63) is 22.4 Å². The average molecular weight is 269 g/mol. The zero-order valence-corrected chi connectivity index (χ0v) is 12.2. The van der Waals surface area contributed by atoms with Crippen LogP contribution in [0.3, 0.4) is 0 Å². The van der Waals surface area contributed by atoms with Gasteiger partial charge in [-0.1, -0.05) is 6.07 Å². The van der Waals surface area contributed by atoms with Crippen LogP contribution in [0, 0.1) is 0 Å². The fraction of sp³-hybridized carbons (Fsp3) is 0.615. The minimum atomic E-state index is -0.534. The normalized spacial score (nSPS) is 13.0. The van der Waals surface area contributed by atoms with Gasteiger partial charge >= 0.3 is 0 Å². The van der Waals surface area contributed by atoms with Gasteiger partial charge in [0, 0.05) is 17.5 Å². The molecule has 0 saturated carbocycles. The van der Waals surface area contributed by atoms with Gasteiger partial charge in [-0.25, -0.2) is 0 Å². The molecule has 18 heavy (non-hydrogen) atoms. The molecular weight excluding hydrogens is 246 g/mol. The van der Waals surface area contributed by atoms with Crippen molar-refractivity contribution in [3.63, 3.8) is 0 Å². The maximum absolute atomic E-state index is 11.8. The van der Waals surface area contributed by atoms with Crippen LogP contribution in [0.15, 0.2) is 17.5 Å². The van der Waals surface area contributed by atoms with E-state index in [1.54, 1.807) is 0 Å². The maximum Gasteiger partial charge on any atom is 0.242 e. The zero-order valence-electron chi connectivity index (χ0n) is 11.3. The van der Waals surface area contributed by atoms with Crippen molar-refractivity contribution in [3.8, 4) is 0 Å². The zero-order chi connectivity index (χ0) is 13.5. The molecule has 0 aliphatic rings. The smallest absolute Gasteiger partial charge is 0.242 e. The summed E-state index contributed by atoms with van der Waals surface area (Å²) in [6.45, 7) is 5.97. The van der Waals surface area contributed by atoms with Crippen LogP contribution in [-0.2, 0) is 4.79 Å². The molecule has 1 aromatic heterocycles. The van der Waals surface area contributed by atoms with Gasteiger partial charge in [0.25, 0.3) is 0 Å². The van der Waals surface area contributed by atoms with E-state index in [4.69, 9.17) is 5.73 Å². The van der Waals surface area contributed by atoms with Crippen molar-refractivity contribution in [1.82, 2.24) is 10.2 Å². The Bertz CT molecular complexity index is 351. The lowest BCUT2D eigenvalue weighted by molar-refractivity contribution is -0.122. The van der Waals surface area contributed by atoms with E-state index in [-0.39, 0.29) is 5.91 Å². The molecule has 1 amide bonds. The second-order valence-corrected chi connectivity index (χ2v) is 5.69. The highest BCUT2D eigenvalue weighted by Crippen LogP contribution is 2.16. The Morgan fingerprint density at radius 2 is 2.28 bits per heavy atom. The van der Waals surface area contributed by atoms with Crippen molar-refractivity contribution >= 4 is 17.2 Å². The molecule has 1 heterocycles. The quantitative estimate of drug-likeness (QED) is 0.739. The van der Waals surface area contributed by atoms with Gasteiger partial charge in [0.1, 0.15) is 6.04 Å². The van der Waals surface area contributed by atoms with Gasteiger partial charge < -0.3 is 16.0 Å². The van der Waals surface area contributed by atoms with E-state index in [0.717, 1.165) is 17.8 Å². The molecule has 4 nitrogen and oxygen atoms in total. The molecule has 0 fully saturated rings. The fourth-order valence-corrected chi connectivity index (χ4v) is 2.23. The van der Waals surface area contributed by atoms with Crippen molar-refractivity contribution in [2.75, 3.05) is 20.1 Å². The van der Waals surface area contributed by atoms with E-state index in [1.807, 2.05) is 17.5 Å². The molecule has 1 aromatic rings. The Balaban J connectivity index is 2.21. The molecule has 5 heteroatoms. The van der Waals surface area contributed by atoms with Crippen molar-refractivity contribution in [2.45, 2.75) is 32.4 Å². The molecule has 3 N–H and O–H groups in total. The molecule has 102 valence electrons. The van der Waals surface area contributed by atoms with Crippen LogP contribution >= 0.6 is 11.3 Å². The number of carbonyl (C=O) groups is 1. The summed E-state index contributed by atoms with van der Waals surface area (Å²) in [5.41, 5.74) is 5.86. The van der Waals surface area contributed by atoms with Crippen LogP contribution in [0.2, 0.25) is 0 Å². The Kier molecular flexibility index (Phi) is 6.32. The third-order valence-corrected chi connectivity index (χ3v) is 3.96. The molecule has 0 aromatic carbocycles. The molecule has 0 aliphatic carbocycles. The summed E-state index contributed by atoms with van der Waals surface area (Å²) in [6, 6.07) is 3.80. The van der Waals surface area contributed by atoms with Gasteiger partial charge in [0.2, 0.25) is 5.91 Å². The molecule has 1 atom stereocenters. The topological polar surface area (TPSA) is 58.4 Å². The van der Waals surface area contributed by atoms with Crippen molar-refractivity contribution in [2.24, 2.45) is 5.73 Å². The summed E-state index contributed by atoms with van der Waals surface area (Å²) in [4.78, 5) is 14.9. The minimum absolute atomic E-state index is 0.0929. The van der Waals surface area contributed by atoms with Crippen LogP contribution in [0.5, 0.6) is 0 Å². The maximum atomic E-state index is 11.8. The van der Waals surface area contributed by atoms with E-state index in [2.05, 4.69) is 31.1 Å². The lowest BCUT2D eigenvalue weighted by Gasteiger charge is -2.20. The molecule has 0 radical (unpaired) electrons. The first-order chi connectivity index (χ1) is 8.52. The minimum Gasteiger partial charge on any atom is -0.354 e. The summed E-state index contributed by atoms with van der Waals surface area (Å²) in [5.74, 6) is -0.0929. The summed E-state index contributed by atoms with van der Waals surface area (Å²) < 4.78 is 0. The first kappa shape index (κ1) is 15.1. The summed E-state index contributed by atoms with van der Waals surface area (Å²) in [5, 5.41) is 4.81. The van der Waals surface area contributed by atoms with E-state index >= 15 is 0 Å². The summed E-state index contributed by atoms with van der Waals surface area (Å²) in [6.07, 6.45) is 0.942. The van der Waals surface area contributed by atoms with E-state index in [0.29, 0.717) is 12.6 Å². The number of thiophene rings is 1. The molecule has 1 unspecified atom stereocenters. The molecule has 1 rings (SSSR count). The Morgan fingerprint density at radius 3 is 2.83 bits per heavy atom. The second kappa shape index (κ2) is 7.51. The highest BCUT2D eigenvalue weighted by molar-refractivity contribution is 7.10. The monoisotopic (exact) mass is 269 g/mol. The predicted molar refractivity (Wildman–Crippen MR) is 76.6 cm³/mol. The van der Waals surface area contributed by atoms with Crippen LogP contribution in [0.1, 0.15) is 31.2 Å². The van der Waals surface area contributed by atoms with Crippen LogP contribution < -0.4 is 11.1 Å². The van der Waals surface area contributed by atoms with Gasteiger partial charge in [-0.05, 0) is 45.3 Å². The van der Waals surface area contributed by atoms with Crippen LogP contribution in [0.4, 0.5) is 0 Å². The van der Waals surface area contributed by atoms with E-state index in [1.165, 1.54) is 11.3 Å². The van der Waals surface area contributed by atoms with E-state index < -0.39 is 6.04 Å². The molecule has 0 bridgehead atoms. The molecule has 0 saturated heterocycles. The van der Waals surface area contributed by atoms with Gasteiger partial charge in [0.15, 0.2) is 0 Å². The number of amides is 1. The Labute approximate surface area is 113 Å². The predicted octanol–water partition coefficient (Wildman–Crippen LogP) is 1.59. The van der Waals surface area contributed by atoms with E-state index in [9.17, 15) is 4.79 Å². The van der Waals surface area contributed by atoms with Gasteiger partial charge in [0.05, 0.1) is 0 Å². The number of carbonyl (C=O) groups excluding carboxylic acids is 1. The van der Waals surface area contributed by atoms with Crippen LogP contribution in [-0.4, -0.2) is 37.0 Å². The van der Waals surface area contributed by atoms with Crippen LogP contribution in [0.25, 0.3) is 0 Å². The number of nitrogens with zero attached hydrogens (tertiary/aromatic N) is 1. The number of nitrogens with two attached hydrogens (primary N) is 1. The third kappa shape index (κ3) is 4.76. The molecular formula is C13H23N3OS. The number of hydrogen-bond acceptors (Lipinski definition) is 4. The third-order valence-electron chi connectivity index (χ3n) is 3.00.